The van der Waals surface area contributed by atoms with E-state index in [9.17, 15) is 4.39 Å². The minimum Gasteiger partial charge on any atom is -0.331 e. The molecule has 0 radical (unpaired) electrons. The van der Waals surface area contributed by atoms with Crippen LogP contribution in [-0.4, -0.2) is 25.9 Å². The maximum absolute atomic E-state index is 13.0. The minimum atomic E-state index is -0.236. The molecule has 3 heterocycles. The standard InChI is InChI=1S/C18H20FN5/c1-13-12-21-18-17(8-10-23(13)18)20-9-6-15-7-11-24(22-15)16-4-2-14(19)3-5-16/h2-5,7,11-12,17,20H,6,8-10H2,1H3. The lowest BCUT2D eigenvalue weighted by Crippen LogP contribution is -2.22. The van der Waals surface area contributed by atoms with Crippen LogP contribution in [0, 0.1) is 12.7 Å². The molecule has 0 saturated heterocycles. The molecule has 24 heavy (non-hydrogen) atoms. The fourth-order valence-electron chi connectivity index (χ4n) is 3.24. The highest BCUT2D eigenvalue weighted by Gasteiger charge is 2.24. The number of hydrogen-bond donors (Lipinski definition) is 1. The summed E-state index contributed by atoms with van der Waals surface area (Å²) in [5, 5.41) is 8.13. The highest BCUT2D eigenvalue weighted by Crippen LogP contribution is 2.25. The summed E-state index contributed by atoms with van der Waals surface area (Å²) >= 11 is 0. The molecule has 2 aromatic heterocycles. The van der Waals surface area contributed by atoms with Gasteiger partial charge in [-0.05, 0) is 43.7 Å². The van der Waals surface area contributed by atoms with Crippen LogP contribution in [0.25, 0.3) is 5.69 Å². The third-order valence-corrected chi connectivity index (χ3v) is 4.55. The normalized spacial score (nSPS) is 16.5. The van der Waals surface area contributed by atoms with Gasteiger partial charge in [-0.15, -0.1) is 0 Å². The van der Waals surface area contributed by atoms with Gasteiger partial charge in [-0.3, -0.25) is 0 Å². The molecule has 6 heteroatoms. The van der Waals surface area contributed by atoms with Crippen molar-refractivity contribution in [2.45, 2.75) is 32.4 Å². The fraction of sp³-hybridized carbons (Fsp3) is 0.333. The maximum atomic E-state index is 13.0. The molecule has 0 bridgehead atoms. The maximum Gasteiger partial charge on any atom is 0.126 e. The average molecular weight is 325 g/mol. The molecule has 1 N–H and O–H groups in total. The number of rotatable bonds is 5. The SMILES string of the molecule is Cc1cnc2n1CCC2NCCc1ccn(-c2ccc(F)cc2)n1. The molecule has 1 aromatic carbocycles. The van der Waals surface area contributed by atoms with E-state index in [1.54, 1.807) is 16.8 Å². The third kappa shape index (κ3) is 2.85. The molecular formula is C18H20FN5. The third-order valence-electron chi connectivity index (χ3n) is 4.55. The monoisotopic (exact) mass is 325 g/mol. The summed E-state index contributed by atoms with van der Waals surface area (Å²) in [6.07, 6.45) is 5.79. The summed E-state index contributed by atoms with van der Waals surface area (Å²) in [5.74, 6) is 0.907. The number of aryl methyl sites for hydroxylation is 1. The summed E-state index contributed by atoms with van der Waals surface area (Å²) in [6, 6.07) is 8.68. The Balaban J connectivity index is 1.35. The number of imidazole rings is 1. The lowest BCUT2D eigenvalue weighted by Gasteiger charge is -2.10. The van der Waals surface area contributed by atoms with Crippen molar-refractivity contribution in [2.24, 2.45) is 0 Å². The Hall–Kier alpha value is -2.47. The topological polar surface area (TPSA) is 47.7 Å². The Morgan fingerprint density at radius 1 is 1.25 bits per heavy atom. The molecule has 0 spiro atoms. The summed E-state index contributed by atoms with van der Waals surface area (Å²) < 4.78 is 17.0. The van der Waals surface area contributed by atoms with Crippen molar-refractivity contribution >= 4 is 0 Å². The second-order valence-electron chi connectivity index (χ2n) is 6.18. The lowest BCUT2D eigenvalue weighted by atomic mass is 10.2. The molecule has 1 aliphatic heterocycles. The molecule has 124 valence electrons. The molecule has 1 atom stereocenters. The highest BCUT2D eigenvalue weighted by atomic mass is 19.1. The van der Waals surface area contributed by atoms with Gasteiger partial charge in [-0.25, -0.2) is 14.1 Å². The lowest BCUT2D eigenvalue weighted by molar-refractivity contribution is 0.521. The van der Waals surface area contributed by atoms with Gasteiger partial charge < -0.3 is 9.88 Å². The van der Waals surface area contributed by atoms with Crippen LogP contribution in [0.3, 0.4) is 0 Å². The van der Waals surface area contributed by atoms with Crippen LogP contribution in [0.2, 0.25) is 0 Å². The summed E-state index contributed by atoms with van der Waals surface area (Å²) in [7, 11) is 0. The van der Waals surface area contributed by atoms with Crippen LogP contribution >= 0.6 is 0 Å². The number of benzene rings is 1. The quantitative estimate of drug-likeness (QED) is 0.785. The van der Waals surface area contributed by atoms with Gasteiger partial charge in [0.15, 0.2) is 0 Å². The minimum absolute atomic E-state index is 0.236. The molecule has 0 amide bonds. The fourth-order valence-corrected chi connectivity index (χ4v) is 3.24. The summed E-state index contributed by atoms with van der Waals surface area (Å²) in [5.41, 5.74) is 3.11. The summed E-state index contributed by atoms with van der Waals surface area (Å²) in [6.45, 7) is 4.00. The van der Waals surface area contributed by atoms with Gasteiger partial charge in [0.05, 0.1) is 17.4 Å². The van der Waals surface area contributed by atoms with Crippen LogP contribution in [0.4, 0.5) is 4.39 Å². The number of hydrogen-bond acceptors (Lipinski definition) is 3. The molecule has 4 rings (SSSR count). The largest absolute Gasteiger partial charge is 0.331 e. The van der Waals surface area contributed by atoms with E-state index >= 15 is 0 Å². The van der Waals surface area contributed by atoms with Crippen LogP contribution in [-0.2, 0) is 13.0 Å². The highest BCUT2D eigenvalue weighted by molar-refractivity contribution is 5.31. The molecule has 0 fully saturated rings. The molecule has 1 aliphatic rings. The van der Waals surface area contributed by atoms with Crippen molar-refractivity contribution in [1.29, 1.82) is 0 Å². The van der Waals surface area contributed by atoms with Gasteiger partial charge in [0.2, 0.25) is 0 Å². The van der Waals surface area contributed by atoms with E-state index in [0.29, 0.717) is 6.04 Å². The van der Waals surface area contributed by atoms with E-state index in [1.807, 2.05) is 18.5 Å². The van der Waals surface area contributed by atoms with Crippen molar-refractivity contribution in [3.63, 3.8) is 0 Å². The zero-order chi connectivity index (χ0) is 16.5. The number of halogens is 1. The van der Waals surface area contributed by atoms with E-state index in [0.717, 1.165) is 43.1 Å². The first-order valence-electron chi connectivity index (χ1n) is 8.26. The smallest absolute Gasteiger partial charge is 0.126 e. The Kier molecular flexibility index (Phi) is 3.90. The Labute approximate surface area is 140 Å². The first-order valence-corrected chi connectivity index (χ1v) is 8.26. The van der Waals surface area contributed by atoms with Crippen molar-refractivity contribution < 1.29 is 4.39 Å². The van der Waals surface area contributed by atoms with Gasteiger partial charge in [0.1, 0.15) is 11.6 Å². The second-order valence-corrected chi connectivity index (χ2v) is 6.18. The Morgan fingerprint density at radius 2 is 2.08 bits per heavy atom. The molecular weight excluding hydrogens is 305 g/mol. The average Bonchev–Trinajstić information content (AvgIpc) is 3.28. The van der Waals surface area contributed by atoms with Crippen molar-refractivity contribution in [3.05, 3.63) is 65.8 Å². The van der Waals surface area contributed by atoms with Gasteiger partial charge >= 0.3 is 0 Å². The van der Waals surface area contributed by atoms with Crippen LogP contribution in [0.5, 0.6) is 0 Å². The van der Waals surface area contributed by atoms with E-state index < -0.39 is 0 Å². The Morgan fingerprint density at radius 3 is 2.92 bits per heavy atom. The van der Waals surface area contributed by atoms with Gasteiger partial charge in [0.25, 0.3) is 0 Å². The molecule has 5 nitrogen and oxygen atoms in total. The van der Waals surface area contributed by atoms with E-state index in [4.69, 9.17) is 0 Å². The first kappa shape index (κ1) is 15.1. The molecule has 3 aromatic rings. The van der Waals surface area contributed by atoms with E-state index in [2.05, 4.69) is 26.9 Å². The molecule has 0 aliphatic carbocycles. The van der Waals surface area contributed by atoms with Crippen LogP contribution < -0.4 is 5.32 Å². The number of fused-ring (bicyclic) bond motifs is 1. The number of aromatic nitrogens is 4. The zero-order valence-electron chi connectivity index (χ0n) is 13.6. The Bertz CT molecular complexity index is 833. The predicted octanol–water partition coefficient (Wildman–Crippen LogP) is 2.79. The second kappa shape index (κ2) is 6.20. The number of nitrogens with zero attached hydrogens (tertiary/aromatic N) is 4. The predicted molar refractivity (Wildman–Crippen MR) is 89.6 cm³/mol. The van der Waals surface area contributed by atoms with Crippen molar-refractivity contribution in [1.82, 2.24) is 24.6 Å². The zero-order valence-corrected chi connectivity index (χ0v) is 13.6. The number of nitrogens with one attached hydrogen (secondary N) is 1. The van der Waals surface area contributed by atoms with Crippen LogP contribution in [0.15, 0.2) is 42.7 Å². The van der Waals surface area contributed by atoms with E-state index in [-0.39, 0.29) is 5.82 Å². The van der Waals surface area contributed by atoms with Gasteiger partial charge in [-0.2, -0.15) is 5.10 Å². The first-order chi connectivity index (χ1) is 11.7. The van der Waals surface area contributed by atoms with Crippen molar-refractivity contribution in [2.75, 3.05) is 6.54 Å². The van der Waals surface area contributed by atoms with E-state index in [1.165, 1.54) is 17.8 Å². The summed E-state index contributed by atoms with van der Waals surface area (Å²) in [4.78, 5) is 4.50. The molecule has 1 unspecified atom stereocenters. The van der Waals surface area contributed by atoms with Crippen LogP contribution in [0.1, 0.15) is 29.7 Å². The molecule has 0 saturated carbocycles. The van der Waals surface area contributed by atoms with Crippen molar-refractivity contribution in [3.8, 4) is 5.69 Å². The van der Waals surface area contributed by atoms with Gasteiger partial charge in [0, 0.05) is 37.6 Å². The van der Waals surface area contributed by atoms with Gasteiger partial charge in [-0.1, -0.05) is 0 Å².